The van der Waals surface area contributed by atoms with Crippen LogP contribution in [0.3, 0.4) is 0 Å². The second kappa shape index (κ2) is 10.4. The number of aryl methyl sites for hydroxylation is 1. The summed E-state index contributed by atoms with van der Waals surface area (Å²) in [5.74, 6) is 0.673. The molecule has 1 amide bonds. The molecule has 0 radical (unpaired) electrons. The van der Waals surface area contributed by atoms with Gasteiger partial charge in [-0.25, -0.2) is 5.43 Å². The molecule has 0 fully saturated rings. The molecule has 0 bridgehead atoms. The molecule has 0 unspecified atom stereocenters. The van der Waals surface area contributed by atoms with Crippen molar-refractivity contribution in [3.05, 3.63) is 94.5 Å². The highest BCUT2D eigenvalue weighted by Gasteiger charge is 2.17. The van der Waals surface area contributed by atoms with Crippen LogP contribution in [-0.4, -0.2) is 32.6 Å². The average molecular weight is 506 g/mol. The Hall–Kier alpha value is -3.23. The van der Waals surface area contributed by atoms with Gasteiger partial charge in [-0.05, 0) is 36.8 Å². The van der Waals surface area contributed by atoms with Gasteiger partial charge in [0, 0.05) is 15.7 Å². The zero-order valence-corrected chi connectivity index (χ0v) is 19.7. The first-order valence-electron chi connectivity index (χ1n) is 9.88. The summed E-state index contributed by atoms with van der Waals surface area (Å²) >= 11 is 4.71. The van der Waals surface area contributed by atoms with Gasteiger partial charge in [-0.1, -0.05) is 87.9 Å². The van der Waals surface area contributed by atoms with Crippen LogP contribution in [0.15, 0.2) is 93.6 Å². The predicted molar refractivity (Wildman–Crippen MR) is 132 cm³/mol. The minimum absolute atomic E-state index is 0.163. The number of nitrogens with zero attached hydrogens (tertiary/aromatic N) is 4. The summed E-state index contributed by atoms with van der Waals surface area (Å²) in [6.45, 7) is 2.05. The van der Waals surface area contributed by atoms with E-state index in [-0.39, 0.29) is 11.7 Å². The fourth-order valence-corrected chi connectivity index (χ4v) is 3.96. The van der Waals surface area contributed by atoms with Crippen molar-refractivity contribution in [3.63, 3.8) is 0 Å². The van der Waals surface area contributed by atoms with E-state index < -0.39 is 0 Å². The van der Waals surface area contributed by atoms with Gasteiger partial charge in [0.05, 0.1) is 12.0 Å². The van der Waals surface area contributed by atoms with Gasteiger partial charge in [0.1, 0.15) is 0 Å². The summed E-state index contributed by atoms with van der Waals surface area (Å²) in [5.41, 5.74) is 6.53. The number of rotatable bonds is 7. The van der Waals surface area contributed by atoms with Gasteiger partial charge in [-0.3, -0.25) is 9.36 Å². The minimum atomic E-state index is -0.220. The number of hydrogen-bond acceptors (Lipinski definition) is 5. The van der Waals surface area contributed by atoms with Crippen molar-refractivity contribution in [2.45, 2.75) is 12.1 Å². The number of para-hydroxylation sites is 1. The molecule has 0 spiro atoms. The number of carbonyl (C=O) groups excluding carboxylic acids is 1. The van der Waals surface area contributed by atoms with Crippen LogP contribution < -0.4 is 5.43 Å². The van der Waals surface area contributed by atoms with Gasteiger partial charge in [0.25, 0.3) is 5.91 Å². The van der Waals surface area contributed by atoms with Crippen LogP contribution in [0.25, 0.3) is 17.1 Å². The summed E-state index contributed by atoms with van der Waals surface area (Å²) in [6.07, 6.45) is 1.61. The largest absolute Gasteiger partial charge is 0.272 e. The monoisotopic (exact) mass is 505 g/mol. The Morgan fingerprint density at radius 3 is 2.47 bits per heavy atom. The first kappa shape index (κ1) is 22.0. The fourth-order valence-electron chi connectivity index (χ4n) is 2.95. The van der Waals surface area contributed by atoms with Crippen molar-refractivity contribution in [3.8, 4) is 17.1 Å². The van der Waals surface area contributed by atoms with Crippen molar-refractivity contribution < 1.29 is 4.79 Å². The number of benzene rings is 3. The molecule has 8 heteroatoms. The number of nitrogens with one attached hydrogen (secondary N) is 1. The summed E-state index contributed by atoms with van der Waals surface area (Å²) in [5, 5.41) is 13.4. The molecule has 6 nitrogen and oxygen atoms in total. The molecule has 0 aliphatic carbocycles. The van der Waals surface area contributed by atoms with Gasteiger partial charge in [-0.2, -0.15) is 5.10 Å². The molecular weight excluding hydrogens is 486 g/mol. The van der Waals surface area contributed by atoms with Crippen molar-refractivity contribution >= 4 is 39.8 Å². The molecule has 4 aromatic rings. The maximum absolute atomic E-state index is 12.3. The molecule has 0 saturated carbocycles. The lowest BCUT2D eigenvalue weighted by atomic mass is 10.1. The van der Waals surface area contributed by atoms with Crippen LogP contribution in [-0.2, 0) is 4.79 Å². The zero-order chi connectivity index (χ0) is 22.3. The molecule has 1 N–H and O–H groups in total. The van der Waals surface area contributed by atoms with E-state index in [1.54, 1.807) is 6.21 Å². The van der Waals surface area contributed by atoms with Gasteiger partial charge in [-0.15, -0.1) is 10.2 Å². The molecule has 4 rings (SSSR count). The average Bonchev–Trinajstić information content (AvgIpc) is 3.24. The number of carbonyl (C=O) groups is 1. The van der Waals surface area contributed by atoms with Crippen molar-refractivity contribution in [1.29, 1.82) is 0 Å². The summed E-state index contributed by atoms with van der Waals surface area (Å²) in [4.78, 5) is 12.3. The normalized spacial score (nSPS) is 11.1. The lowest BCUT2D eigenvalue weighted by Crippen LogP contribution is -2.20. The maximum Gasteiger partial charge on any atom is 0.250 e. The lowest BCUT2D eigenvalue weighted by Gasteiger charge is -2.10. The van der Waals surface area contributed by atoms with Gasteiger partial charge in [0.2, 0.25) is 0 Å². The Morgan fingerprint density at radius 2 is 1.75 bits per heavy atom. The van der Waals surface area contributed by atoms with Crippen LogP contribution in [0.5, 0.6) is 0 Å². The molecule has 0 aliphatic heterocycles. The van der Waals surface area contributed by atoms with E-state index in [1.807, 2.05) is 90.4 Å². The number of halogens is 1. The number of hydrogen-bond donors (Lipinski definition) is 1. The first-order chi connectivity index (χ1) is 15.6. The quantitative estimate of drug-likeness (QED) is 0.211. The van der Waals surface area contributed by atoms with E-state index in [9.17, 15) is 4.79 Å². The predicted octanol–water partition coefficient (Wildman–Crippen LogP) is 5.25. The number of hydrazone groups is 1. The Balaban J connectivity index is 1.49. The SMILES string of the molecule is Cc1ccc(-c2nnc(SCC(=O)NN=Cc3ccc(Br)cc3)n2-c2ccccc2)cc1. The third-order valence-electron chi connectivity index (χ3n) is 4.56. The number of amides is 1. The number of aromatic nitrogens is 3. The van der Waals surface area contributed by atoms with Crippen LogP contribution in [0, 0.1) is 6.92 Å². The summed E-state index contributed by atoms with van der Waals surface area (Å²) in [7, 11) is 0. The zero-order valence-electron chi connectivity index (χ0n) is 17.3. The molecule has 1 aromatic heterocycles. The van der Waals surface area contributed by atoms with Crippen LogP contribution in [0.1, 0.15) is 11.1 Å². The molecule has 1 heterocycles. The third-order valence-corrected chi connectivity index (χ3v) is 6.02. The third kappa shape index (κ3) is 5.52. The van der Waals surface area contributed by atoms with Crippen molar-refractivity contribution in [1.82, 2.24) is 20.2 Å². The van der Waals surface area contributed by atoms with Gasteiger partial charge >= 0.3 is 0 Å². The van der Waals surface area contributed by atoms with E-state index in [4.69, 9.17) is 0 Å². The molecule has 0 saturated heterocycles. The van der Waals surface area contributed by atoms with Crippen LogP contribution >= 0.6 is 27.7 Å². The molecular formula is C24H20BrN5OS. The highest BCUT2D eigenvalue weighted by atomic mass is 79.9. The topological polar surface area (TPSA) is 72.2 Å². The Labute approximate surface area is 198 Å². The maximum atomic E-state index is 12.3. The first-order valence-corrected chi connectivity index (χ1v) is 11.7. The Bertz CT molecular complexity index is 1220. The lowest BCUT2D eigenvalue weighted by molar-refractivity contribution is -0.118. The van der Waals surface area contributed by atoms with Crippen molar-refractivity contribution in [2.75, 3.05) is 5.75 Å². The molecule has 3 aromatic carbocycles. The molecule has 32 heavy (non-hydrogen) atoms. The summed E-state index contributed by atoms with van der Waals surface area (Å²) < 4.78 is 2.95. The van der Waals surface area contributed by atoms with E-state index in [1.165, 1.54) is 17.3 Å². The van der Waals surface area contributed by atoms with Crippen LogP contribution in [0.2, 0.25) is 0 Å². The fraction of sp³-hybridized carbons (Fsp3) is 0.0833. The van der Waals surface area contributed by atoms with Gasteiger partial charge < -0.3 is 0 Å². The summed E-state index contributed by atoms with van der Waals surface area (Å²) in [6, 6.07) is 25.7. The van der Waals surface area contributed by atoms with Gasteiger partial charge in [0.15, 0.2) is 11.0 Å². The van der Waals surface area contributed by atoms with E-state index >= 15 is 0 Å². The molecule has 0 aliphatic rings. The van der Waals surface area contributed by atoms with E-state index in [0.717, 1.165) is 27.1 Å². The molecule has 160 valence electrons. The molecule has 0 atom stereocenters. The van der Waals surface area contributed by atoms with E-state index in [2.05, 4.69) is 36.7 Å². The number of thioether (sulfide) groups is 1. The Morgan fingerprint density at radius 1 is 1.03 bits per heavy atom. The smallest absolute Gasteiger partial charge is 0.250 e. The van der Waals surface area contributed by atoms with E-state index in [0.29, 0.717) is 5.16 Å². The highest BCUT2D eigenvalue weighted by Crippen LogP contribution is 2.28. The standard InChI is InChI=1S/C24H20BrN5OS/c1-17-7-11-19(12-8-17)23-28-29-24(30(23)21-5-3-2-4-6-21)32-16-22(31)27-26-15-18-9-13-20(25)14-10-18/h2-15H,16H2,1H3,(H,27,31). The van der Waals surface area contributed by atoms with Crippen LogP contribution in [0.4, 0.5) is 0 Å². The minimum Gasteiger partial charge on any atom is -0.272 e. The second-order valence-electron chi connectivity index (χ2n) is 6.98. The Kier molecular flexibility index (Phi) is 7.14. The highest BCUT2D eigenvalue weighted by molar-refractivity contribution is 9.10. The van der Waals surface area contributed by atoms with Crippen molar-refractivity contribution in [2.24, 2.45) is 5.10 Å². The second-order valence-corrected chi connectivity index (χ2v) is 8.83.